The molecule has 1 aliphatic carbocycles. The van der Waals surface area contributed by atoms with Crippen molar-refractivity contribution in [3.8, 4) is 0 Å². The summed E-state index contributed by atoms with van der Waals surface area (Å²) in [5, 5.41) is 0. The normalized spacial score (nSPS) is 36.7. The van der Waals surface area contributed by atoms with Gasteiger partial charge in [0.25, 0.3) is 0 Å². The minimum Gasteiger partial charge on any atom is -0.362 e. The average molecular weight is 154 g/mol. The van der Waals surface area contributed by atoms with E-state index < -0.39 is 5.67 Å². The van der Waals surface area contributed by atoms with Crippen molar-refractivity contribution in [3.05, 3.63) is 24.0 Å². The molecular formula is C8H11FN2. The van der Waals surface area contributed by atoms with Crippen LogP contribution in [0.1, 0.15) is 18.5 Å². The molecule has 2 nitrogen and oxygen atoms in total. The molecule has 0 saturated heterocycles. The number of aromatic nitrogens is 1. The first-order valence-corrected chi connectivity index (χ1v) is 3.79. The summed E-state index contributed by atoms with van der Waals surface area (Å²) in [7, 11) is 0. The highest BCUT2D eigenvalue weighted by molar-refractivity contribution is 5.19. The van der Waals surface area contributed by atoms with E-state index in [0.717, 1.165) is 0 Å². The molecule has 1 aromatic rings. The van der Waals surface area contributed by atoms with Crippen LogP contribution in [-0.4, -0.2) is 11.0 Å². The summed E-state index contributed by atoms with van der Waals surface area (Å²) in [6.45, 7) is 0. The molecule has 2 rings (SSSR count). The predicted molar refractivity (Wildman–Crippen MR) is 40.8 cm³/mol. The fourth-order valence-corrected chi connectivity index (χ4v) is 1.60. The molecule has 0 spiro atoms. The number of aromatic amines is 1. The number of nitrogens with one attached hydrogen (secondary N) is 1. The van der Waals surface area contributed by atoms with Crippen molar-refractivity contribution < 1.29 is 4.39 Å². The summed E-state index contributed by atoms with van der Waals surface area (Å²) in [6.07, 6.45) is 2.64. The smallest absolute Gasteiger partial charge is 0.153 e. The fraction of sp³-hybridized carbons (Fsp3) is 0.500. The topological polar surface area (TPSA) is 41.8 Å². The van der Waals surface area contributed by atoms with E-state index in [4.69, 9.17) is 5.73 Å². The third kappa shape index (κ3) is 0.959. The number of hydrogen-bond acceptors (Lipinski definition) is 1. The van der Waals surface area contributed by atoms with E-state index in [-0.39, 0.29) is 6.04 Å². The number of rotatable bonds is 1. The quantitative estimate of drug-likeness (QED) is 0.629. The van der Waals surface area contributed by atoms with E-state index >= 15 is 0 Å². The Morgan fingerprint density at radius 1 is 1.64 bits per heavy atom. The van der Waals surface area contributed by atoms with Crippen LogP contribution in [-0.2, 0) is 5.67 Å². The first-order chi connectivity index (χ1) is 5.21. The summed E-state index contributed by atoms with van der Waals surface area (Å²) >= 11 is 0. The molecule has 0 bridgehead atoms. The van der Waals surface area contributed by atoms with Crippen molar-refractivity contribution in [3.63, 3.8) is 0 Å². The fourth-order valence-electron chi connectivity index (χ4n) is 1.60. The first kappa shape index (κ1) is 6.85. The van der Waals surface area contributed by atoms with Gasteiger partial charge in [-0.25, -0.2) is 4.39 Å². The number of alkyl halides is 1. The van der Waals surface area contributed by atoms with Gasteiger partial charge in [-0.15, -0.1) is 0 Å². The lowest BCUT2D eigenvalue weighted by molar-refractivity contribution is 0.0366. The zero-order valence-corrected chi connectivity index (χ0v) is 6.18. The number of nitrogens with two attached hydrogens (primary N) is 1. The van der Waals surface area contributed by atoms with Gasteiger partial charge in [0.1, 0.15) is 0 Å². The van der Waals surface area contributed by atoms with E-state index in [1.54, 1.807) is 18.3 Å². The van der Waals surface area contributed by atoms with Crippen LogP contribution < -0.4 is 5.73 Å². The van der Waals surface area contributed by atoms with Gasteiger partial charge in [-0.2, -0.15) is 0 Å². The van der Waals surface area contributed by atoms with Crippen LogP contribution >= 0.6 is 0 Å². The molecule has 0 atom stereocenters. The van der Waals surface area contributed by atoms with Crippen LogP contribution in [0.3, 0.4) is 0 Å². The van der Waals surface area contributed by atoms with Crippen LogP contribution in [0.25, 0.3) is 0 Å². The largest absolute Gasteiger partial charge is 0.362 e. The average Bonchev–Trinajstić information content (AvgIpc) is 2.34. The molecule has 0 unspecified atom stereocenters. The first-order valence-electron chi connectivity index (χ1n) is 3.79. The predicted octanol–water partition coefficient (Wildman–Crippen LogP) is 1.30. The standard InChI is InChI=1S/C8H11FN2/c9-8(4-6(10)5-8)7-2-1-3-11-7/h1-3,6,11H,4-5,10H2. The maximum absolute atomic E-state index is 13.6. The van der Waals surface area contributed by atoms with Crippen LogP contribution in [0.15, 0.2) is 18.3 Å². The van der Waals surface area contributed by atoms with Gasteiger partial charge in [-0.3, -0.25) is 0 Å². The monoisotopic (exact) mass is 154 g/mol. The Kier molecular flexibility index (Phi) is 1.29. The summed E-state index contributed by atoms with van der Waals surface area (Å²) < 4.78 is 13.6. The molecule has 1 heterocycles. The Bertz CT molecular complexity index is 237. The maximum Gasteiger partial charge on any atom is 0.153 e. The Balaban J connectivity index is 2.18. The van der Waals surface area contributed by atoms with Crippen molar-refractivity contribution >= 4 is 0 Å². The Labute approximate surface area is 64.6 Å². The lowest BCUT2D eigenvalue weighted by atomic mass is 9.76. The van der Waals surface area contributed by atoms with E-state index in [2.05, 4.69) is 4.98 Å². The van der Waals surface area contributed by atoms with Gasteiger partial charge >= 0.3 is 0 Å². The highest BCUT2D eigenvalue weighted by Gasteiger charge is 2.45. The molecule has 0 aliphatic heterocycles. The van der Waals surface area contributed by atoms with Gasteiger partial charge < -0.3 is 10.7 Å². The van der Waals surface area contributed by atoms with Crippen molar-refractivity contribution in [1.82, 2.24) is 4.98 Å². The van der Waals surface area contributed by atoms with Gasteiger partial charge in [0.05, 0.1) is 5.69 Å². The van der Waals surface area contributed by atoms with Crippen molar-refractivity contribution in [2.24, 2.45) is 5.73 Å². The minimum atomic E-state index is -1.16. The van der Waals surface area contributed by atoms with Crippen molar-refractivity contribution in [1.29, 1.82) is 0 Å². The lowest BCUT2D eigenvalue weighted by Crippen LogP contribution is -2.46. The third-order valence-electron chi connectivity index (χ3n) is 2.25. The summed E-state index contributed by atoms with van der Waals surface area (Å²) in [5.41, 5.74) is 5.01. The molecule has 60 valence electrons. The highest BCUT2D eigenvalue weighted by atomic mass is 19.1. The molecule has 3 heteroatoms. The SMILES string of the molecule is NC1CC(F)(c2ccc[nH]2)C1. The molecule has 0 radical (unpaired) electrons. The van der Waals surface area contributed by atoms with E-state index in [9.17, 15) is 4.39 Å². The molecule has 1 fully saturated rings. The molecule has 1 aromatic heterocycles. The van der Waals surface area contributed by atoms with Crippen molar-refractivity contribution in [2.45, 2.75) is 24.6 Å². The Morgan fingerprint density at radius 2 is 2.36 bits per heavy atom. The van der Waals surface area contributed by atoms with Crippen LogP contribution in [0.5, 0.6) is 0 Å². The Morgan fingerprint density at radius 3 is 2.82 bits per heavy atom. The maximum atomic E-state index is 13.6. The van der Waals surface area contributed by atoms with Gasteiger partial charge in [0, 0.05) is 25.1 Å². The van der Waals surface area contributed by atoms with Gasteiger partial charge in [0.2, 0.25) is 0 Å². The van der Waals surface area contributed by atoms with Gasteiger partial charge in [0.15, 0.2) is 5.67 Å². The van der Waals surface area contributed by atoms with Gasteiger partial charge in [-0.05, 0) is 12.1 Å². The summed E-state index contributed by atoms with van der Waals surface area (Å²) in [5.74, 6) is 0. The molecule has 0 amide bonds. The molecule has 1 aliphatic rings. The van der Waals surface area contributed by atoms with E-state index in [1.807, 2.05) is 0 Å². The van der Waals surface area contributed by atoms with Crippen LogP contribution in [0.2, 0.25) is 0 Å². The summed E-state index contributed by atoms with van der Waals surface area (Å²) in [4.78, 5) is 2.87. The summed E-state index contributed by atoms with van der Waals surface area (Å²) in [6, 6.07) is 3.62. The van der Waals surface area contributed by atoms with Crippen LogP contribution in [0, 0.1) is 0 Å². The number of hydrogen-bond donors (Lipinski definition) is 2. The molecule has 0 aromatic carbocycles. The molecule has 3 N–H and O–H groups in total. The Hall–Kier alpha value is -0.830. The second-order valence-corrected chi connectivity index (χ2v) is 3.22. The van der Waals surface area contributed by atoms with Gasteiger partial charge in [-0.1, -0.05) is 0 Å². The molecule has 11 heavy (non-hydrogen) atoms. The van der Waals surface area contributed by atoms with Crippen LogP contribution in [0.4, 0.5) is 4.39 Å². The van der Waals surface area contributed by atoms with Crippen molar-refractivity contribution in [2.75, 3.05) is 0 Å². The zero-order chi connectivity index (χ0) is 7.90. The molecule has 1 saturated carbocycles. The minimum absolute atomic E-state index is 0.0447. The second kappa shape index (κ2) is 2.08. The lowest BCUT2D eigenvalue weighted by Gasteiger charge is -2.38. The highest BCUT2D eigenvalue weighted by Crippen LogP contribution is 2.43. The van der Waals surface area contributed by atoms with E-state index in [0.29, 0.717) is 18.5 Å². The van der Waals surface area contributed by atoms with E-state index in [1.165, 1.54) is 0 Å². The second-order valence-electron chi connectivity index (χ2n) is 3.22. The number of halogens is 1. The molecular weight excluding hydrogens is 143 g/mol. The number of H-pyrrole nitrogens is 1. The zero-order valence-electron chi connectivity index (χ0n) is 6.18. The third-order valence-corrected chi connectivity index (χ3v) is 2.25.